The summed E-state index contributed by atoms with van der Waals surface area (Å²) in [5, 5.41) is 3.04. The highest BCUT2D eigenvalue weighted by molar-refractivity contribution is 7.92. The number of carbonyl (C=O) groups excluding carboxylic acids is 2. The first-order chi connectivity index (χ1) is 16.8. The van der Waals surface area contributed by atoms with Crippen LogP contribution in [0.25, 0.3) is 0 Å². The third-order valence-corrected chi connectivity index (χ3v) is 7.59. The van der Waals surface area contributed by atoms with E-state index in [0.29, 0.717) is 17.1 Å². The summed E-state index contributed by atoms with van der Waals surface area (Å²) < 4.78 is 28.3. The maximum absolute atomic E-state index is 13.7. The van der Waals surface area contributed by atoms with Crippen LogP contribution in [0.4, 0.5) is 5.69 Å². The van der Waals surface area contributed by atoms with Crippen LogP contribution in [-0.4, -0.2) is 44.8 Å². The molecular weight excluding hydrogens is 486 g/mol. The van der Waals surface area contributed by atoms with Crippen molar-refractivity contribution in [3.8, 4) is 0 Å². The number of amides is 2. The molecule has 0 aliphatic heterocycles. The van der Waals surface area contributed by atoms with E-state index >= 15 is 0 Å². The van der Waals surface area contributed by atoms with Crippen LogP contribution in [0, 0.1) is 0 Å². The summed E-state index contributed by atoms with van der Waals surface area (Å²) in [6.45, 7) is 1.48. The molecule has 0 unspecified atom stereocenters. The second kappa shape index (κ2) is 11.9. The van der Waals surface area contributed by atoms with E-state index in [-0.39, 0.29) is 17.3 Å². The predicted octanol–water partition coefficient (Wildman–Crippen LogP) is 4.09. The van der Waals surface area contributed by atoms with Crippen LogP contribution >= 0.6 is 11.6 Å². The second-order valence-electron chi connectivity index (χ2n) is 7.85. The molecule has 7 nitrogen and oxygen atoms in total. The van der Waals surface area contributed by atoms with Crippen molar-refractivity contribution in [2.24, 2.45) is 0 Å². The molecule has 1 N–H and O–H groups in total. The lowest BCUT2D eigenvalue weighted by molar-refractivity contribution is -0.140. The minimum absolute atomic E-state index is 0.0516. The summed E-state index contributed by atoms with van der Waals surface area (Å²) >= 11 is 6.02. The van der Waals surface area contributed by atoms with Crippen LogP contribution in [0.5, 0.6) is 0 Å². The summed E-state index contributed by atoms with van der Waals surface area (Å²) in [5.74, 6) is -0.820. The first kappa shape index (κ1) is 26.2. The number of hydrogen-bond acceptors (Lipinski definition) is 4. The van der Waals surface area contributed by atoms with E-state index in [9.17, 15) is 18.0 Å². The number of nitrogens with one attached hydrogen (secondary N) is 1. The van der Waals surface area contributed by atoms with Crippen LogP contribution in [0.2, 0.25) is 5.02 Å². The maximum Gasteiger partial charge on any atom is 0.264 e. The van der Waals surface area contributed by atoms with Gasteiger partial charge in [-0.05, 0) is 48.4 Å². The fraction of sp³-hybridized carbons (Fsp3) is 0.231. The van der Waals surface area contributed by atoms with Gasteiger partial charge in [-0.25, -0.2) is 8.42 Å². The lowest BCUT2D eigenvalue weighted by atomic mass is 10.1. The lowest BCUT2D eigenvalue weighted by Crippen LogP contribution is -2.51. The Kier molecular flexibility index (Phi) is 8.89. The number of nitrogens with zero attached hydrogens (tertiary/aromatic N) is 2. The third kappa shape index (κ3) is 6.41. The van der Waals surface area contributed by atoms with Crippen LogP contribution < -0.4 is 9.62 Å². The molecule has 1 atom stereocenters. The fourth-order valence-electron chi connectivity index (χ4n) is 3.72. The Morgan fingerprint density at radius 3 is 2.03 bits per heavy atom. The average Bonchev–Trinajstić information content (AvgIpc) is 2.88. The highest BCUT2D eigenvalue weighted by Crippen LogP contribution is 2.26. The van der Waals surface area contributed by atoms with Gasteiger partial charge in [0.15, 0.2) is 0 Å². The molecule has 0 saturated heterocycles. The summed E-state index contributed by atoms with van der Waals surface area (Å²) in [4.78, 5) is 27.8. The van der Waals surface area contributed by atoms with Gasteiger partial charge in [-0.3, -0.25) is 13.9 Å². The van der Waals surface area contributed by atoms with Crippen LogP contribution in [0.3, 0.4) is 0 Å². The number of rotatable bonds is 10. The van der Waals surface area contributed by atoms with E-state index in [4.69, 9.17) is 11.6 Å². The van der Waals surface area contributed by atoms with E-state index in [0.717, 1.165) is 9.87 Å². The third-order valence-electron chi connectivity index (χ3n) is 5.55. The Morgan fingerprint density at radius 2 is 1.49 bits per heavy atom. The van der Waals surface area contributed by atoms with Crippen molar-refractivity contribution in [3.05, 3.63) is 95.5 Å². The number of likely N-dealkylation sites (N-methyl/N-ethyl adjacent to an activating group) is 1. The molecule has 0 heterocycles. The summed E-state index contributed by atoms with van der Waals surface area (Å²) in [5.41, 5.74) is 1.12. The molecule has 2 amide bonds. The molecule has 3 aromatic rings. The minimum Gasteiger partial charge on any atom is -0.357 e. The van der Waals surface area contributed by atoms with Gasteiger partial charge in [0.2, 0.25) is 11.8 Å². The van der Waals surface area contributed by atoms with Crippen molar-refractivity contribution >= 4 is 39.1 Å². The molecule has 0 saturated carbocycles. The number of benzene rings is 3. The summed E-state index contributed by atoms with van der Waals surface area (Å²) in [6.07, 6.45) is 0.366. The fourth-order valence-corrected chi connectivity index (χ4v) is 5.28. The zero-order valence-electron chi connectivity index (χ0n) is 19.6. The molecule has 3 aromatic carbocycles. The quantitative estimate of drug-likeness (QED) is 0.442. The zero-order valence-corrected chi connectivity index (χ0v) is 21.2. The molecule has 0 aromatic heterocycles. The Labute approximate surface area is 211 Å². The molecular formula is C26H28ClN3O4S. The molecule has 35 heavy (non-hydrogen) atoms. The monoisotopic (exact) mass is 513 g/mol. The van der Waals surface area contributed by atoms with Crippen LogP contribution in [-0.2, 0) is 26.2 Å². The van der Waals surface area contributed by atoms with Gasteiger partial charge in [0.05, 0.1) is 10.6 Å². The first-order valence-corrected chi connectivity index (χ1v) is 13.0. The lowest BCUT2D eigenvalue weighted by Gasteiger charge is -2.33. The van der Waals surface area contributed by atoms with Gasteiger partial charge in [-0.1, -0.05) is 67.1 Å². The topological polar surface area (TPSA) is 86.8 Å². The predicted molar refractivity (Wildman–Crippen MR) is 138 cm³/mol. The van der Waals surface area contributed by atoms with Gasteiger partial charge in [0.1, 0.15) is 12.6 Å². The zero-order chi connectivity index (χ0) is 25.4. The second-order valence-corrected chi connectivity index (χ2v) is 10.1. The molecule has 0 radical (unpaired) electrons. The van der Waals surface area contributed by atoms with Crippen molar-refractivity contribution in [1.29, 1.82) is 0 Å². The summed E-state index contributed by atoms with van der Waals surface area (Å²) in [6, 6.07) is 22.6. The normalized spacial score (nSPS) is 12.0. The van der Waals surface area contributed by atoms with E-state index in [1.54, 1.807) is 42.5 Å². The molecule has 0 aliphatic carbocycles. The van der Waals surface area contributed by atoms with Crippen molar-refractivity contribution in [1.82, 2.24) is 10.2 Å². The van der Waals surface area contributed by atoms with Gasteiger partial charge in [0, 0.05) is 18.6 Å². The van der Waals surface area contributed by atoms with Crippen LogP contribution in [0.15, 0.2) is 89.8 Å². The molecule has 184 valence electrons. The highest BCUT2D eigenvalue weighted by Gasteiger charge is 2.33. The summed E-state index contributed by atoms with van der Waals surface area (Å²) in [7, 11) is -2.57. The van der Waals surface area contributed by atoms with Gasteiger partial charge in [-0.15, -0.1) is 0 Å². The largest absolute Gasteiger partial charge is 0.357 e. The van der Waals surface area contributed by atoms with Gasteiger partial charge < -0.3 is 10.2 Å². The number of sulfonamides is 1. The Balaban J connectivity index is 2.03. The number of hydrogen-bond donors (Lipinski definition) is 1. The number of halogens is 1. The molecule has 9 heteroatoms. The van der Waals surface area contributed by atoms with E-state index < -0.39 is 28.5 Å². The minimum atomic E-state index is -4.08. The van der Waals surface area contributed by atoms with Crippen molar-refractivity contribution in [2.45, 2.75) is 30.8 Å². The highest BCUT2D eigenvalue weighted by atomic mass is 35.5. The SMILES string of the molecule is CC[C@@H](C(=O)NC)N(Cc1ccccc1)C(=O)CN(c1ccc(Cl)cc1)S(=O)(=O)c1ccccc1. The number of carbonyl (C=O) groups is 2. The standard InChI is InChI=1S/C26H28ClN3O4S/c1-3-24(26(32)28-2)29(18-20-10-6-4-7-11-20)25(31)19-30(22-16-14-21(27)15-17-22)35(33,34)23-12-8-5-9-13-23/h4-17,24H,3,18-19H2,1-2H3,(H,28,32)/t24-/m0/s1. The Bertz CT molecular complexity index is 1240. The van der Waals surface area contributed by atoms with Gasteiger partial charge in [0.25, 0.3) is 10.0 Å². The maximum atomic E-state index is 13.7. The van der Waals surface area contributed by atoms with E-state index in [2.05, 4.69) is 5.32 Å². The van der Waals surface area contributed by atoms with E-state index in [1.165, 1.54) is 24.1 Å². The Hall–Kier alpha value is -3.36. The van der Waals surface area contributed by atoms with E-state index in [1.807, 2.05) is 37.3 Å². The molecule has 0 aliphatic rings. The van der Waals surface area contributed by atoms with Crippen molar-refractivity contribution in [3.63, 3.8) is 0 Å². The van der Waals surface area contributed by atoms with Crippen molar-refractivity contribution < 1.29 is 18.0 Å². The molecule has 0 fully saturated rings. The molecule has 0 bridgehead atoms. The van der Waals surface area contributed by atoms with Gasteiger partial charge >= 0.3 is 0 Å². The Morgan fingerprint density at radius 1 is 0.914 bits per heavy atom. The van der Waals surface area contributed by atoms with Crippen LogP contribution in [0.1, 0.15) is 18.9 Å². The van der Waals surface area contributed by atoms with Crippen molar-refractivity contribution in [2.75, 3.05) is 17.9 Å². The number of anilines is 1. The molecule has 3 rings (SSSR count). The molecule has 0 spiro atoms. The first-order valence-electron chi connectivity index (χ1n) is 11.2. The average molecular weight is 514 g/mol. The van der Waals surface area contributed by atoms with Gasteiger partial charge in [-0.2, -0.15) is 0 Å². The smallest absolute Gasteiger partial charge is 0.264 e.